The summed E-state index contributed by atoms with van der Waals surface area (Å²) >= 11 is 0. The summed E-state index contributed by atoms with van der Waals surface area (Å²) in [6.45, 7) is 5.18. The Morgan fingerprint density at radius 3 is 2.73 bits per heavy atom. The maximum absolute atomic E-state index is 13.7. The zero-order valence-electron chi connectivity index (χ0n) is 23.5. The summed E-state index contributed by atoms with van der Waals surface area (Å²) in [4.78, 5) is 21.4. The molecule has 3 aromatic rings. The molecule has 0 fully saturated rings. The fourth-order valence-corrected chi connectivity index (χ4v) is 6.03. The second-order valence-corrected chi connectivity index (χ2v) is 12.3. The number of anilines is 1. The molecule has 12 nitrogen and oxygen atoms in total. The summed E-state index contributed by atoms with van der Waals surface area (Å²) in [5.41, 5.74) is 1.38. The minimum atomic E-state index is -4.06. The Morgan fingerprint density at radius 1 is 1.22 bits per heavy atom. The van der Waals surface area contributed by atoms with Gasteiger partial charge in [-0.3, -0.25) is 14.4 Å². The van der Waals surface area contributed by atoms with E-state index in [4.69, 9.17) is 14.2 Å². The molecule has 0 radical (unpaired) electrons. The number of imidazole rings is 1. The van der Waals surface area contributed by atoms with Gasteiger partial charge in [-0.15, -0.1) is 0 Å². The van der Waals surface area contributed by atoms with Crippen molar-refractivity contribution in [2.24, 2.45) is 13.0 Å². The van der Waals surface area contributed by atoms with Gasteiger partial charge in [-0.25, -0.2) is 4.98 Å². The Morgan fingerprint density at radius 2 is 2.00 bits per heavy atom. The highest BCUT2D eigenvalue weighted by molar-refractivity contribution is 7.92. The number of aliphatic hydroxyl groups is 1. The Balaban J connectivity index is 1.46. The fraction of sp³-hybridized carbons (Fsp3) is 0.429. The lowest BCUT2D eigenvalue weighted by atomic mass is 9.99. The van der Waals surface area contributed by atoms with E-state index in [0.717, 1.165) is 5.56 Å². The lowest BCUT2D eigenvalue weighted by molar-refractivity contribution is 0.0344. The number of fused-ring (bicyclic) bond motifs is 2. The van der Waals surface area contributed by atoms with Gasteiger partial charge < -0.3 is 28.8 Å². The van der Waals surface area contributed by atoms with E-state index >= 15 is 0 Å². The lowest BCUT2D eigenvalue weighted by Gasteiger charge is -2.38. The van der Waals surface area contributed by atoms with E-state index in [9.17, 15) is 18.3 Å². The number of nitrogens with zero attached hydrogens (tertiary/aromatic N) is 4. The van der Waals surface area contributed by atoms with Gasteiger partial charge in [0, 0.05) is 38.8 Å². The number of aromatic nitrogens is 2. The van der Waals surface area contributed by atoms with Gasteiger partial charge in [0.2, 0.25) is 6.79 Å². The number of benzene rings is 2. The minimum Gasteiger partial charge on any atom is -0.486 e. The molecule has 0 unspecified atom stereocenters. The van der Waals surface area contributed by atoms with Crippen molar-refractivity contribution in [3.8, 4) is 17.2 Å². The largest absolute Gasteiger partial charge is 0.486 e. The van der Waals surface area contributed by atoms with E-state index in [1.807, 2.05) is 32.2 Å². The zero-order valence-corrected chi connectivity index (χ0v) is 24.3. The first-order valence-corrected chi connectivity index (χ1v) is 14.8. The first-order chi connectivity index (χ1) is 19.6. The average Bonchev–Trinajstić information content (AvgIpc) is 3.59. The SMILES string of the molecule is C[C@@H]1CN([C@H](C)CO)C(=O)c2cccc(NS(=O)(=O)c3cn(C)cn3)c2O[C@H]1CN(C)Cc1ccc2c(c1)OCO2. The van der Waals surface area contributed by atoms with Gasteiger partial charge in [0.15, 0.2) is 22.3 Å². The van der Waals surface area contributed by atoms with Crippen molar-refractivity contribution < 1.29 is 32.5 Å². The summed E-state index contributed by atoms with van der Waals surface area (Å²) in [6.07, 6.45) is 2.36. The Labute approximate surface area is 239 Å². The van der Waals surface area contributed by atoms with E-state index in [1.165, 1.54) is 17.1 Å². The van der Waals surface area contributed by atoms with Gasteiger partial charge in [0.25, 0.3) is 15.9 Å². The van der Waals surface area contributed by atoms with Crippen molar-refractivity contribution in [2.75, 3.05) is 38.3 Å². The molecule has 220 valence electrons. The van der Waals surface area contributed by atoms with Crippen molar-refractivity contribution >= 4 is 21.6 Å². The number of aliphatic hydroxyl groups excluding tert-OH is 1. The smallest absolute Gasteiger partial charge is 0.281 e. The van der Waals surface area contributed by atoms with Crippen LogP contribution >= 0.6 is 0 Å². The highest BCUT2D eigenvalue weighted by Gasteiger charge is 2.35. The molecule has 3 heterocycles. The van der Waals surface area contributed by atoms with Crippen LogP contribution in [0, 0.1) is 5.92 Å². The summed E-state index contributed by atoms with van der Waals surface area (Å²) in [7, 11) is -0.415. The molecular weight excluding hydrogens is 550 g/mol. The average molecular weight is 586 g/mol. The fourth-order valence-electron chi connectivity index (χ4n) is 4.99. The maximum Gasteiger partial charge on any atom is 0.281 e. The van der Waals surface area contributed by atoms with E-state index in [0.29, 0.717) is 31.1 Å². The van der Waals surface area contributed by atoms with Gasteiger partial charge in [-0.1, -0.05) is 19.1 Å². The molecule has 5 rings (SSSR count). The number of para-hydroxylation sites is 1. The van der Waals surface area contributed by atoms with Crippen LogP contribution < -0.4 is 18.9 Å². The molecule has 1 amide bonds. The topological polar surface area (TPSA) is 135 Å². The lowest BCUT2D eigenvalue weighted by Crippen LogP contribution is -2.49. The number of amides is 1. The minimum absolute atomic E-state index is 0.135. The molecule has 3 atom stereocenters. The number of carbonyl (C=O) groups is 1. The van der Waals surface area contributed by atoms with E-state index < -0.39 is 22.2 Å². The monoisotopic (exact) mass is 585 g/mol. The normalized spacial score (nSPS) is 19.4. The quantitative estimate of drug-likeness (QED) is 0.388. The molecule has 0 spiro atoms. The number of likely N-dealkylation sites (N-methyl/N-ethyl adjacent to an activating group) is 1. The van der Waals surface area contributed by atoms with Crippen molar-refractivity contribution in [2.45, 2.75) is 37.6 Å². The zero-order chi connectivity index (χ0) is 29.3. The van der Waals surface area contributed by atoms with Crippen LogP contribution in [0.15, 0.2) is 53.9 Å². The molecule has 2 N–H and O–H groups in total. The summed E-state index contributed by atoms with van der Waals surface area (Å²) in [5, 5.41) is 9.77. The van der Waals surface area contributed by atoms with Gasteiger partial charge in [-0.2, -0.15) is 8.42 Å². The van der Waals surface area contributed by atoms with Crippen LogP contribution in [0.2, 0.25) is 0 Å². The third-order valence-corrected chi connectivity index (χ3v) is 8.52. The van der Waals surface area contributed by atoms with Crippen LogP contribution in [-0.2, 0) is 23.6 Å². The number of nitrogens with one attached hydrogen (secondary N) is 1. The van der Waals surface area contributed by atoms with Crippen LogP contribution in [0.3, 0.4) is 0 Å². The van der Waals surface area contributed by atoms with Gasteiger partial charge in [0.05, 0.1) is 30.2 Å². The summed E-state index contributed by atoms with van der Waals surface area (Å²) in [5.74, 6) is 1.06. The highest BCUT2D eigenvalue weighted by atomic mass is 32.2. The number of rotatable bonds is 9. The third kappa shape index (κ3) is 6.11. The third-order valence-electron chi connectivity index (χ3n) is 7.27. The number of ether oxygens (including phenoxy) is 3. The molecule has 0 saturated carbocycles. The molecule has 1 aromatic heterocycles. The molecule has 0 saturated heterocycles. The Hall–Kier alpha value is -3.81. The molecule has 0 bridgehead atoms. The highest BCUT2D eigenvalue weighted by Crippen LogP contribution is 2.36. The second-order valence-electron chi connectivity index (χ2n) is 10.7. The van der Waals surface area contributed by atoms with E-state index in [1.54, 1.807) is 37.1 Å². The van der Waals surface area contributed by atoms with Crippen molar-refractivity contribution in [1.82, 2.24) is 19.4 Å². The van der Waals surface area contributed by atoms with Gasteiger partial charge in [0.1, 0.15) is 6.10 Å². The van der Waals surface area contributed by atoms with Gasteiger partial charge >= 0.3 is 0 Å². The van der Waals surface area contributed by atoms with Crippen molar-refractivity contribution in [1.29, 1.82) is 0 Å². The van der Waals surface area contributed by atoms with Crippen LogP contribution in [0.5, 0.6) is 17.2 Å². The Kier molecular flexibility index (Phi) is 8.11. The molecule has 2 aromatic carbocycles. The van der Waals surface area contributed by atoms with Crippen LogP contribution in [-0.4, -0.2) is 84.5 Å². The molecule has 13 heteroatoms. The predicted octanol–water partition coefficient (Wildman–Crippen LogP) is 2.30. The van der Waals surface area contributed by atoms with Gasteiger partial charge in [-0.05, 0) is 43.8 Å². The van der Waals surface area contributed by atoms with Crippen LogP contribution in [0.1, 0.15) is 29.8 Å². The summed E-state index contributed by atoms with van der Waals surface area (Å²) in [6, 6.07) is 10.1. The molecular formula is C28H35N5O7S. The van der Waals surface area contributed by atoms with Crippen molar-refractivity contribution in [3.63, 3.8) is 0 Å². The molecule has 2 aliphatic rings. The first kappa shape index (κ1) is 28.7. The van der Waals surface area contributed by atoms with E-state index in [2.05, 4.69) is 14.6 Å². The summed E-state index contributed by atoms with van der Waals surface area (Å²) < 4.78 is 47.9. The number of sulfonamides is 1. The van der Waals surface area contributed by atoms with E-state index in [-0.39, 0.29) is 47.3 Å². The number of hydrogen-bond donors (Lipinski definition) is 2. The van der Waals surface area contributed by atoms with Crippen LogP contribution in [0.25, 0.3) is 0 Å². The second kappa shape index (κ2) is 11.6. The molecule has 2 aliphatic heterocycles. The number of hydrogen-bond acceptors (Lipinski definition) is 9. The van der Waals surface area contributed by atoms with Crippen LogP contribution in [0.4, 0.5) is 5.69 Å². The first-order valence-electron chi connectivity index (χ1n) is 13.3. The molecule has 41 heavy (non-hydrogen) atoms. The molecule has 0 aliphatic carbocycles. The Bertz CT molecular complexity index is 1530. The number of carbonyl (C=O) groups excluding carboxylic acids is 1. The standard InChI is InChI=1S/C28H35N5O7S/c1-18-11-33(19(2)15-34)28(35)21-6-5-7-22(30-41(36,37)26-14-32(4)16-29-26)27(21)40-25(18)13-31(3)12-20-8-9-23-24(10-20)39-17-38-23/h5-10,14,16,18-19,25,30,34H,11-13,15,17H2,1-4H3/t18-,19-,25+/m1/s1. The predicted molar refractivity (Wildman–Crippen MR) is 151 cm³/mol. The maximum atomic E-state index is 13.7. The van der Waals surface area contributed by atoms with Crippen molar-refractivity contribution in [3.05, 3.63) is 60.0 Å². The number of aryl methyl sites for hydroxylation is 1.